The molecule has 1 atom stereocenters. The average Bonchev–Trinajstić information content (AvgIpc) is 2.35. The minimum Gasteiger partial charge on any atom is -0.340 e. The Hall–Kier alpha value is -1.16. The molecule has 1 aliphatic rings. The van der Waals surface area contributed by atoms with Crippen LogP contribution in [0.15, 0.2) is 6.07 Å². The molecule has 4 heteroatoms. The number of nitrogens with zero attached hydrogens (tertiary/aromatic N) is 3. The predicted molar refractivity (Wildman–Crippen MR) is 75.0 cm³/mol. The Morgan fingerprint density at radius 1 is 1.33 bits per heavy atom. The minimum absolute atomic E-state index is 0.725. The van der Waals surface area contributed by atoms with E-state index in [0.29, 0.717) is 0 Å². The van der Waals surface area contributed by atoms with Gasteiger partial charge < -0.3 is 10.2 Å². The normalized spacial score (nSPS) is 20.2. The molecule has 0 aliphatic carbocycles. The highest BCUT2D eigenvalue weighted by atomic mass is 15.3. The van der Waals surface area contributed by atoms with E-state index in [4.69, 9.17) is 0 Å². The average molecular weight is 248 g/mol. The molecule has 0 saturated carbocycles. The summed E-state index contributed by atoms with van der Waals surface area (Å²) in [6.07, 6.45) is 2.56. The van der Waals surface area contributed by atoms with Gasteiger partial charge in [-0.2, -0.15) is 0 Å². The summed E-state index contributed by atoms with van der Waals surface area (Å²) in [5.74, 6) is 1.64. The summed E-state index contributed by atoms with van der Waals surface area (Å²) in [6.45, 7) is 10.6. The molecule has 18 heavy (non-hydrogen) atoms. The Morgan fingerprint density at radius 3 is 2.72 bits per heavy atom. The zero-order valence-electron chi connectivity index (χ0n) is 11.7. The van der Waals surface area contributed by atoms with Gasteiger partial charge in [-0.25, -0.2) is 9.97 Å². The largest absolute Gasteiger partial charge is 0.340 e. The second kappa shape index (κ2) is 6.14. The molecule has 1 aliphatic heterocycles. The van der Waals surface area contributed by atoms with Crippen LogP contribution in [0.4, 0.5) is 5.95 Å². The van der Waals surface area contributed by atoms with Crippen LogP contribution in [-0.2, 0) is 0 Å². The van der Waals surface area contributed by atoms with E-state index >= 15 is 0 Å². The van der Waals surface area contributed by atoms with Crippen molar-refractivity contribution in [2.75, 3.05) is 31.1 Å². The first-order chi connectivity index (χ1) is 8.69. The molecule has 1 fully saturated rings. The summed E-state index contributed by atoms with van der Waals surface area (Å²) in [5.41, 5.74) is 2.12. The van der Waals surface area contributed by atoms with Crippen LogP contribution in [0, 0.1) is 19.8 Å². The maximum absolute atomic E-state index is 4.57. The molecule has 1 aromatic heterocycles. The van der Waals surface area contributed by atoms with Gasteiger partial charge in [0.15, 0.2) is 0 Å². The summed E-state index contributed by atoms with van der Waals surface area (Å²) in [7, 11) is 0. The monoisotopic (exact) mass is 248 g/mol. The van der Waals surface area contributed by atoms with Crippen LogP contribution in [0.3, 0.4) is 0 Å². The highest BCUT2D eigenvalue weighted by Crippen LogP contribution is 2.20. The molecule has 1 unspecified atom stereocenters. The molecule has 0 bridgehead atoms. The van der Waals surface area contributed by atoms with Crippen molar-refractivity contribution in [1.29, 1.82) is 0 Å². The molecular formula is C14H24N4. The molecule has 100 valence electrons. The highest BCUT2D eigenvalue weighted by Gasteiger charge is 2.21. The topological polar surface area (TPSA) is 41.0 Å². The Bertz CT molecular complexity index is 371. The lowest BCUT2D eigenvalue weighted by molar-refractivity contribution is 0.392. The Balaban J connectivity index is 2.03. The van der Waals surface area contributed by atoms with E-state index in [-0.39, 0.29) is 0 Å². The second-order valence-corrected chi connectivity index (χ2v) is 5.21. The van der Waals surface area contributed by atoms with Gasteiger partial charge >= 0.3 is 0 Å². The van der Waals surface area contributed by atoms with Gasteiger partial charge in [0, 0.05) is 24.5 Å². The molecule has 4 nitrogen and oxygen atoms in total. The third-order valence-corrected chi connectivity index (χ3v) is 3.46. The SMILES string of the molecule is CCNCC1CCCN(c2nc(C)cc(C)n2)C1. The molecule has 0 radical (unpaired) electrons. The van der Waals surface area contributed by atoms with Crippen molar-refractivity contribution in [1.82, 2.24) is 15.3 Å². The molecule has 2 rings (SSSR count). The van der Waals surface area contributed by atoms with E-state index in [2.05, 4.69) is 27.1 Å². The van der Waals surface area contributed by atoms with Crippen LogP contribution in [0.1, 0.15) is 31.2 Å². The van der Waals surface area contributed by atoms with E-state index in [1.54, 1.807) is 0 Å². The number of hydrogen-bond donors (Lipinski definition) is 1. The lowest BCUT2D eigenvalue weighted by atomic mass is 9.98. The third kappa shape index (κ3) is 3.42. The molecule has 1 saturated heterocycles. The summed E-state index contributed by atoms with van der Waals surface area (Å²) in [4.78, 5) is 11.5. The lowest BCUT2D eigenvalue weighted by Gasteiger charge is -2.33. The van der Waals surface area contributed by atoms with Crippen molar-refractivity contribution in [2.24, 2.45) is 5.92 Å². The van der Waals surface area contributed by atoms with Crippen LogP contribution >= 0.6 is 0 Å². The molecule has 2 heterocycles. The molecular weight excluding hydrogens is 224 g/mol. The van der Waals surface area contributed by atoms with Gasteiger partial charge in [-0.15, -0.1) is 0 Å². The van der Waals surface area contributed by atoms with E-state index < -0.39 is 0 Å². The van der Waals surface area contributed by atoms with Crippen LogP contribution in [0.5, 0.6) is 0 Å². The smallest absolute Gasteiger partial charge is 0.225 e. The fourth-order valence-corrected chi connectivity index (χ4v) is 2.61. The lowest BCUT2D eigenvalue weighted by Crippen LogP contribution is -2.40. The Labute approximate surface area is 110 Å². The fraction of sp³-hybridized carbons (Fsp3) is 0.714. The molecule has 1 N–H and O–H groups in total. The van der Waals surface area contributed by atoms with Gasteiger partial charge in [0.1, 0.15) is 0 Å². The van der Waals surface area contributed by atoms with E-state index in [1.807, 2.05) is 19.9 Å². The maximum Gasteiger partial charge on any atom is 0.225 e. The predicted octanol–water partition coefficient (Wildman–Crippen LogP) is 1.92. The van der Waals surface area contributed by atoms with Crippen molar-refractivity contribution < 1.29 is 0 Å². The number of anilines is 1. The van der Waals surface area contributed by atoms with Crippen LogP contribution < -0.4 is 10.2 Å². The van der Waals surface area contributed by atoms with Crippen molar-refractivity contribution in [3.8, 4) is 0 Å². The Kier molecular flexibility index (Phi) is 4.53. The number of aromatic nitrogens is 2. The number of rotatable bonds is 4. The first-order valence-corrected chi connectivity index (χ1v) is 6.97. The standard InChI is InChI=1S/C14H24N4/c1-4-15-9-13-6-5-7-18(10-13)14-16-11(2)8-12(3)17-14/h8,13,15H,4-7,9-10H2,1-3H3. The van der Waals surface area contributed by atoms with Gasteiger partial charge in [0.25, 0.3) is 0 Å². The van der Waals surface area contributed by atoms with Crippen LogP contribution in [-0.4, -0.2) is 36.1 Å². The second-order valence-electron chi connectivity index (χ2n) is 5.21. The first kappa shape index (κ1) is 13.3. The van der Waals surface area contributed by atoms with E-state index in [0.717, 1.165) is 49.4 Å². The zero-order chi connectivity index (χ0) is 13.0. The number of aryl methyl sites for hydroxylation is 2. The van der Waals surface area contributed by atoms with Gasteiger partial charge in [-0.05, 0) is 51.8 Å². The van der Waals surface area contributed by atoms with Crippen LogP contribution in [0.25, 0.3) is 0 Å². The van der Waals surface area contributed by atoms with Crippen molar-refractivity contribution in [2.45, 2.75) is 33.6 Å². The summed E-state index contributed by atoms with van der Waals surface area (Å²) < 4.78 is 0. The number of nitrogens with one attached hydrogen (secondary N) is 1. The van der Waals surface area contributed by atoms with Gasteiger partial charge in [0.05, 0.1) is 0 Å². The zero-order valence-corrected chi connectivity index (χ0v) is 11.7. The molecule has 1 aromatic rings. The van der Waals surface area contributed by atoms with Crippen molar-refractivity contribution in [3.63, 3.8) is 0 Å². The minimum atomic E-state index is 0.725. The third-order valence-electron chi connectivity index (χ3n) is 3.46. The van der Waals surface area contributed by atoms with E-state index in [9.17, 15) is 0 Å². The van der Waals surface area contributed by atoms with E-state index in [1.165, 1.54) is 12.8 Å². The quantitative estimate of drug-likeness (QED) is 0.884. The number of piperidine rings is 1. The number of hydrogen-bond acceptors (Lipinski definition) is 4. The molecule has 0 amide bonds. The van der Waals surface area contributed by atoms with Gasteiger partial charge in [-0.1, -0.05) is 6.92 Å². The first-order valence-electron chi connectivity index (χ1n) is 6.97. The van der Waals surface area contributed by atoms with Gasteiger partial charge in [0.2, 0.25) is 5.95 Å². The maximum atomic E-state index is 4.57. The highest BCUT2D eigenvalue weighted by molar-refractivity contribution is 5.32. The van der Waals surface area contributed by atoms with Gasteiger partial charge in [-0.3, -0.25) is 0 Å². The summed E-state index contributed by atoms with van der Waals surface area (Å²) in [5, 5.41) is 3.45. The van der Waals surface area contributed by atoms with Crippen molar-refractivity contribution in [3.05, 3.63) is 17.5 Å². The Morgan fingerprint density at radius 2 is 2.06 bits per heavy atom. The van der Waals surface area contributed by atoms with Crippen LogP contribution in [0.2, 0.25) is 0 Å². The molecule has 0 spiro atoms. The van der Waals surface area contributed by atoms with Crippen molar-refractivity contribution >= 4 is 5.95 Å². The fourth-order valence-electron chi connectivity index (χ4n) is 2.61. The summed E-state index contributed by atoms with van der Waals surface area (Å²) >= 11 is 0. The molecule has 0 aromatic carbocycles. The summed E-state index contributed by atoms with van der Waals surface area (Å²) in [6, 6.07) is 2.03.